The first kappa shape index (κ1) is 27.5. The molecule has 0 fully saturated rings. The molecular weight excluding hydrogens is 601 g/mol. The summed E-state index contributed by atoms with van der Waals surface area (Å²) in [6, 6.07) is 40.3. The van der Waals surface area contributed by atoms with Crippen molar-refractivity contribution in [3.63, 3.8) is 0 Å². The van der Waals surface area contributed by atoms with Crippen LogP contribution in [0.5, 0.6) is 0 Å². The molecule has 0 saturated heterocycles. The van der Waals surface area contributed by atoms with Crippen molar-refractivity contribution < 1.29 is 4.42 Å². The van der Waals surface area contributed by atoms with E-state index in [1.54, 1.807) is 0 Å². The van der Waals surface area contributed by atoms with Gasteiger partial charge >= 0.3 is 0 Å². The zero-order valence-corrected chi connectivity index (χ0v) is 26.5. The summed E-state index contributed by atoms with van der Waals surface area (Å²) in [6.45, 7) is 0. The zero-order valence-electron chi connectivity index (χ0n) is 26.5. The average molecular weight is 629 g/mol. The van der Waals surface area contributed by atoms with E-state index < -0.39 is 0 Å². The van der Waals surface area contributed by atoms with Crippen molar-refractivity contribution in [2.75, 3.05) is 0 Å². The Balaban J connectivity index is 1.10. The molecule has 2 aliphatic carbocycles. The van der Waals surface area contributed by atoms with E-state index in [9.17, 15) is 10.5 Å². The number of allylic oxidation sites excluding steroid dienone is 5. The maximum Gasteiger partial charge on any atom is 0.136 e. The Morgan fingerprint density at radius 1 is 0.714 bits per heavy atom. The number of nitriles is 2. The SMILES string of the molecule is N#CC1=CC(n2c3c(c4ccccc42)CCC=C3)CC=C1c1ccc(-n2c3ccccc3c3c4c(ccc32)oc2ccccc24)cc1C#N. The highest BCUT2D eigenvalue weighted by Crippen LogP contribution is 2.43. The summed E-state index contributed by atoms with van der Waals surface area (Å²) in [5.74, 6) is 0. The normalized spacial score (nSPS) is 15.8. The van der Waals surface area contributed by atoms with Crippen molar-refractivity contribution >= 4 is 66.3 Å². The van der Waals surface area contributed by atoms with E-state index in [2.05, 4.69) is 112 Å². The third kappa shape index (κ3) is 3.91. The second-order valence-electron chi connectivity index (χ2n) is 12.9. The van der Waals surface area contributed by atoms with Gasteiger partial charge in [0.05, 0.1) is 40.4 Å². The Labute approximate surface area is 282 Å². The number of hydrogen-bond donors (Lipinski definition) is 0. The Morgan fingerprint density at radius 3 is 2.37 bits per heavy atom. The lowest BCUT2D eigenvalue weighted by Gasteiger charge is -2.24. The number of benzene rings is 5. The highest BCUT2D eigenvalue weighted by Gasteiger charge is 2.26. The summed E-state index contributed by atoms with van der Waals surface area (Å²) in [4.78, 5) is 0. The van der Waals surface area contributed by atoms with Gasteiger partial charge in [0.1, 0.15) is 11.2 Å². The van der Waals surface area contributed by atoms with Crippen LogP contribution < -0.4 is 0 Å². The van der Waals surface area contributed by atoms with Crippen LogP contribution in [-0.2, 0) is 6.42 Å². The lowest BCUT2D eigenvalue weighted by molar-refractivity contribution is 0.620. The predicted octanol–water partition coefficient (Wildman–Crippen LogP) is 10.9. The summed E-state index contributed by atoms with van der Waals surface area (Å²) in [7, 11) is 0. The van der Waals surface area contributed by atoms with Gasteiger partial charge in [-0.2, -0.15) is 10.5 Å². The van der Waals surface area contributed by atoms with Gasteiger partial charge in [0.25, 0.3) is 0 Å². The number of para-hydroxylation sites is 3. The van der Waals surface area contributed by atoms with E-state index >= 15 is 0 Å². The number of rotatable bonds is 3. The molecule has 1 unspecified atom stereocenters. The number of aromatic nitrogens is 2. The summed E-state index contributed by atoms with van der Waals surface area (Å²) in [5, 5.41) is 26.7. The first-order chi connectivity index (χ1) is 24.2. The van der Waals surface area contributed by atoms with Crippen molar-refractivity contribution in [1.82, 2.24) is 9.13 Å². The minimum Gasteiger partial charge on any atom is -0.456 e. The molecular formula is C44H28N4O. The van der Waals surface area contributed by atoms with E-state index in [-0.39, 0.29) is 6.04 Å². The van der Waals surface area contributed by atoms with Crippen LogP contribution >= 0.6 is 0 Å². The fraction of sp³-hybridized carbons (Fsp3) is 0.0909. The summed E-state index contributed by atoms with van der Waals surface area (Å²) in [6.07, 6.45) is 11.5. The maximum absolute atomic E-state index is 10.5. The monoisotopic (exact) mass is 628 g/mol. The molecule has 0 aliphatic heterocycles. The number of fused-ring (bicyclic) bond motifs is 10. The van der Waals surface area contributed by atoms with Crippen LogP contribution in [0.4, 0.5) is 0 Å². The van der Waals surface area contributed by atoms with Crippen LogP contribution in [0.2, 0.25) is 0 Å². The molecule has 0 N–H and O–H groups in total. The molecule has 0 amide bonds. The van der Waals surface area contributed by atoms with Crippen molar-refractivity contribution in [2.24, 2.45) is 0 Å². The smallest absolute Gasteiger partial charge is 0.136 e. The molecule has 230 valence electrons. The molecule has 5 heteroatoms. The molecule has 2 aliphatic rings. The lowest BCUT2D eigenvalue weighted by atomic mass is 9.88. The third-order valence-corrected chi connectivity index (χ3v) is 10.4. The number of nitrogens with zero attached hydrogens (tertiary/aromatic N) is 4. The number of aryl methyl sites for hydroxylation is 1. The molecule has 5 nitrogen and oxygen atoms in total. The Hall–Kier alpha value is -6.56. The Kier molecular flexibility index (Phi) is 5.89. The molecule has 3 heterocycles. The van der Waals surface area contributed by atoms with Crippen LogP contribution in [0.3, 0.4) is 0 Å². The minimum atomic E-state index is 0.00745. The van der Waals surface area contributed by atoms with Crippen molar-refractivity contribution in [3.05, 3.63) is 149 Å². The maximum atomic E-state index is 10.5. The molecule has 0 saturated carbocycles. The molecule has 8 aromatic rings. The van der Waals surface area contributed by atoms with Gasteiger partial charge in [-0.05, 0) is 85.0 Å². The van der Waals surface area contributed by atoms with Gasteiger partial charge < -0.3 is 13.6 Å². The molecule has 0 bridgehead atoms. The highest BCUT2D eigenvalue weighted by molar-refractivity contribution is 6.27. The number of hydrogen-bond acceptors (Lipinski definition) is 3. The van der Waals surface area contributed by atoms with Gasteiger partial charge in [0.15, 0.2) is 0 Å². The highest BCUT2D eigenvalue weighted by atomic mass is 16.3. The van der Waals surface area contributed by atoms with Gasteiger partial charge in [-0.3, -0.25) is 0 Å². The zero-order chi connectivity index (χ0) is 32.6. The van der Waals surface area contributed by atoms with Crippen LogP contribution in [0.1, 0.15) is 41.3 Å². The molecule has 3 aromatic heterocycles. The van der Waals surface area contributed by atoms with Gasteiger partial charge in [-0.1, -0.05) is 72.8 Å². The Bertz CT molecular complexity index is 2890. The second kappa shape index (κ2) is 10.5. The topological polar surface area (TPSA) is 70.6 Å². The van der Waals surface area contributed by atoms with E-state index in [0.29, 0.717) is 11.1 Å². The third-order valence-electron chi connectivity index (χ3n) is 10.4. The van der Waals surface area contributed by atoms with E-state index in [4.69, 9.17) is 4.42 Å². The molecule has 5 aromatic carbocycles. The predicted molar refractivity (Wildman–Crippen MR) is 197 cm³/mol. The second-order valence-corrected chi connectivity index (χ2v) is 12.9. The molecule has 0 radical (unpaired) electrons. The molecule has 1 atom stereocenters. The summed E-state index contributed by atoms with van der Waals surface area (Å²) in [5.41, 5.74) is 11.3. The van der Waals surface area contributed by atoms with E-state index in [0.717, 1.165) is 79.8 Å². The van der Waals surface area contributed by atoms with Crippen molar-refractivity contribution in [2.45, 2.75) is 25.3 Å². The largest absolute Gasteiger partial charge is 0.456 e. The Morgan fingerprint density at radius 2 is 1.51 bits per heavy atom. The summed E-state index contributed by atoms with van der Waals surface area (Å²) < 4.78 is 10.9. The van der Waals surface area contributed by atoms with Crippen LogP contribution in [-0.4, -0.2) is 9.13 Å². The van der Waals surface area contributed by atoms with Crippen LogP contribution in [0.15, 0.2) is 131 Å². The van der Waals surface area contributed by atoms with Gasteiger partial charge in [0.2, 0.25) is 0 Å². The first-order valence-corrected chi connectivity index (χ1v) is 16.7. The van der Waals surface area contributed by atoms with Gasteiger partial charge in [-0.25, -0.2) is 0 Å². The minimum absolute atomic E-state index is 0.00745. The van der Waals surface area contributed by atoms with Gasteiger partial charge in [-0.15, -0.1) is 0 Å². The van der Waals surface area contributed by atoms with Gasteiger partial charge in [0, 0.05) is 49.4 Å². The fourth-order valence-electron chi connectivity index (χ4n) is 8.36. The molecule has 0 spiro atoms. The standard InChI is InChI=1S/C44H28N4O/c45-25-27-23-29(47-37-13-5-1-9-33(37)34-10-2-6-14-38(34)47)17-19-31(27)32-20-18-30(24-28(32)26-46)48-39-15-7-3-11-35(39)43-40(48)21-22-42-44(43)36-12-4-8-16-41(36)49-42/h1,3-9,11-16,18-24,29H,2,10,17H2. The van der Waals surface area contributed by atoms with Crippen molar-refractivity contribution in [3.8, 4) is 17.8 Å². The van der Waals surface area contributed by atoms with E-state index in [1.807, 2.05) is 36.4 Å². The first-order valence-electron chi connectivity index (χ1n) is 16.7. The molecule has 49 heavy (non-hydrogen) atoms. The average Bonchev–Trinajstić information content (AvgIpc) is 3.82. The van der Waals surface area contributed by atoms with Crippen molar-refractivity contribution in [1.29, 1.82) is 10.5 Å². The van der Waals surface area contributed by atoms with E-state index in [1.165, 1.54) is 22.2 Å². The number of furan rings is 1. The molecule has 10 rings (SSSR count). The quantitative estimate of drug-likeness (QED) is 0.195. The fourth-order valence-corrected chi connectivity index (χ4v) is 8.36. The lowest BCUT2D eigenvalue weighted by Crippen LogP contribution is -2.13. The van der Waals surface area contributed by atoms with Crippen LogP contribution in [0.25, 0.3) is 72.0 Å². The van der Waals surface area contributed by atoms with Crippen LogP contribution in [0, 0.1) is 22.7 Å². The summed E-state index contributed by atoms with van der Waals surface area (Å²) >= 11 is 0.